The van der Waals surface area contributed by atoms with Crippen molar-refractivity contribution in [1.29, 1.82) is 0 Å². The number of hydrogen-bond acceptors (Lipinski definition) is 6. The number of ether oxygens (including phenoxy) is 1. The Bertz CT molecular complexity index is 1220. The van der Waals surface area contributed by atoms with Crippen LogP contribution in [0.5, 0.6) is 0 Å². The summed E-state index contributed by atoms with van der Waals surface area (Å²) in [5.41, 5.74) is 4.07. The minimum absolute atomic E-state index is 0.0804. The van der Waals surface area contributed by atoms with Gasteiger partial charge in [-0.1, -0.05) is 30.8 Å². The highest BCUT2D eigenvalue weighted by Gasteiger charge is 2.38. The first kappa shape index (κ1) is 28.1. The maximum atomic E-state index is 15.1. The van der Waals surface area contributed by atoms with Crippen molar-refractivity contribution in [3.05, 3.63) is 76.6 Å². The zero-order valence-electron chi connectivity index (χ0n) is 23.2. The van der Waals surface area contributed by atoms with E-state index in [1.165, 1.54) is 0 Å². The van der Waals surface area contributed by atoms with Crippen LogP contribution in [0.2, 0.25) is 0 Å². The van der Waals surface area contributed by atoms with Gasteiger partial charge in [0.15, 0.2) is 11.6 Å². The third kappa shape index (κ3) is 6.76. The van der Waals surface area contributed by atoms with Gasteiger partial charge in [0.25, 0.3) is 0 Å². The molecule has 1 aliphatic carbocycles. The van der Waals surface area contributed by atoms with Crippen LogP contribution in [0, 0.1) is 12.7 Å². The molecule has 1 saturated carbocycles. The molecule has 2 fully saturated rings. The van der Waals surface area contributed by atoms with E-state index in [0.717, 1.165) is 35.5 Å². The maximum Gasteiger partial charge on any atom is 0.182 e. The van der Waals surface area contributed by atoms with Gasteiger partial charge in [-0.25, -0.2) is 4.39 Å². The summed E-state index contributed by atoms with van der Waals surface area (Å²) in [6, 6.07) is 11.0. The van der Waals surface area contributed by atoms with Crippen LogP contribution in [0.4, 0.5) is 10.1 Å². The number of Topliss-reactive ketones (excluding diaryl/α,β-unsaturated/α-hetero) is 2. The lowest BCUT2D eigenvalue weighted by Crippen LogP contribution is -2.56. The van der Waals surface area contributed by atoms with Crippen molar-refractivity contribution < 1.29 is 18.7 Å². The molecule has 0 spiro atoms. The third-order valence-electron chi connectivity index (χ3n) is 7.30. The number of nitrogens with one attached hydrogen (secondary N) is 2. The second kappa shape index (κ2) is 11.1. The molecule has 1 atom stereocenters. The summed E-state index contributed by atoms with van der Waals surface area (Å²) in [4.78, 5) is 26.5. The number of aryl methyl sites for hydroxylation is 1. The van der Waals surface area contributed by atoms with Gasteiger partial charge in [0, 0.05) is 50.4 Å². The van der Waals surface area contributed by atoms with Crippen LogP contribution in [0.1, 0.15) is 62.8 Å². The van der Waals surface area contributed by atoms with Crippen LogP contribution in [-0.2, 0) is 34.0 Å². The number of anilines is 1. The number of halogens is 1. The summed E-state index contributed by atoms with van der Waals surface area (Å²) >= 11 is 0. The van der Waals surface area contributed by atoms with Crippen molar-refractivity contribution >= 4 is 17.3 Å². The van der Waals surface area contributed by atoms with Crippen LogP contribution >= 0.6 is 0 Å². The molecule has 204 valence electrons. The van der Waals surface area contributed by atoms with Crippen molar-refractivity contribution in [2.75, 3.05) is 18.4 Å². The first-order valence-corrected chi connectivity index (χ1v) is 13.4. The van der Waals surface area contributed by atoms with Gasteiger partial charge in [-0.3, -0.25) is 14.5 Å². The molecule has 0 aromatic heterocycles. The summed E-state index contributed by atoms with van der Waals surface area (Å²) in [6.07, 6.45) is 0.805. The number of rotatable bonds is 8. The van der Waals surface area contributed by atoms with Crippen molar-refractivity contribution in [2.45, 2.75) is 84.3 Å². The molecule has 0 radical (unpaired) electrons. The average Bonchev–Trinajstić information content (AvgIpc) is 2.80. The molecular weight excluding hydrogens is 481 g/mol. The van der Waals surface area contributed by atoms with Gasteiger partial charge in [0.05, 0.1) is 22.8 Å². The van der Waals surface area contributed by atoms with Gasteiger partial charge >= 0.3 is 0 Å². The van der Waals surface area contributed by atoms with E-state index >= 15 is 4.39 Å². The molecule has 0 amide bonds. The number of benzene rings is 2. The minimum atomic E-state index is -0.416. The second-order valence-corrected chi connectivity index (χ2v) is 11.9. The van der Waals surface area contributed by atoms with Crippen molar-refractivity contribution in [3.8, 4) is 0 Å². The first-order chi connectivity index (χ1) is 17.8. The van der Waals surface area contributed by atoms with Crippen LogP contribution in [0.3, 0.4) is 0 Å². The number of morpholine rings is 1. The highest BCUT2D eigenvalue weighted by Crippen LogP contribution is 2.29. The Morgan fingerprint density at radius 2 is 1.79 bits per heavy atom. The average molecular weight is 522 g/mol. The molecule has 1 saturated heterocycles. The molecule has 1 aliphatic heterocycles. The summed E-state index contributed by atoms with van der Waals surface area (Å²) in [5, 5.41) is 6.68. The molecule has 6 nitrogen and oxygen atoms in total. The van der Waals surface area contributed by atoms with E-state index in [1.54, 1.807) is 6.07 Å². The van der Waals surface area contributed by atoms with E-state index in [0.29, 0.717) is 38.0 Å². The number of ketones is 2. The predicted octanol–water partition coefficient (Wildman–Crippen LogP) is 5.08. The maximum absolute atomic E-state index is 15.1. The van der Waals surface area contributed by atoms with Gasteiger partial charge < -0.3 is 15.4 Å². The van der Waals surface area contributed by atoms with Crippen molar-refractivity contribution in [2.24, 2.45) is 0 Å². The Labute approximate surface area is 225 Å². The van der Waals surface area contributed by atoms with Gasteiger partial charge in [0.1, 0.15) is 5.82 Å². The predicted molar refractivity (Wildman–Crippen MR) is 148 cm³/mol. The van der Waals surface area contributed by atoms with Crippen LogP contribution in [0.15, 0.2) is 48.6 Å². The van der Waals surface area contributed by atoms with Crippen LogP contribution < -0.4 is 10.6 Å². The molecule has 2 aromatic carbocycles. The normalized spacial score (nSPS) is 21.5. The number of carbonyl (C=O) groups is 2. The fourth-order valence-corrected chi connectivity index (χ4v) is 5.77. The van der Waals surface area contributed by atoms with Gasteiger partial charge in [0.2, 0.25) is 0 Å². The summed E-state index contributed by atoms with van der Waals surface area (Å²) in [7, 11) is 0. The third-order valence-corrected chi connectivity index (χ3v) is 7.30. The van der Waals surface area contributed by atoms with E-state index in [-0.39, 0.29) is 34.2 Å². The van der Waals surface area contributed by atoms with Crippen molar-refractivity contribution in [3.63, 3.8) is 0 Å². The zero-order valence-corrected chi connectivity index (χ0v) is 23.2. The topological polar surface area (TPSA) is 70.7 Å². The lowest BCUT2D eigenvalue weighted by Gasteiger charge is -2.47. The van der Waals surface area contributed by atoms with E-state index in [4.69, 9.17) is 4.74 Å². The number of carbonyl (C=O) groups excluding carboxylic acids is 2. The lowest BCUT2D eigenvalue weighted by atomic mass is 9.89. The molecule has 2 aliphatic rings. The molecule has 0 bridgehead atoms. The fourth-order valence-electron chi connectivity index (χ4n) is 5.77. The number of nitrogens with zero attached hydrogens (tertiary/aromatic N) is 1. The summed E-state index contributed by atoms with van der Waals surface area (Å²) < 4.78 is 21.3. The van der Waals surface area contributed by atoms with E-state index in [2.05, 4.69) is 49.8 Å². The Kier molecular flexibility index (Phi) is 8.21. The SMILES string of the molecule is C=C1C(=O)CC[C@@H](NCc2c(C)cccc2NCc2ccc(CN3CC(C)(C)OC(C)(C)C3)cc2F)C1=O. The molecule has 2 N–H and O–H groups in total. The molecule has 1 heterocycles. The van der Waals surface area contributed by atoms with E-state index in [9.17, 15) is 9.59 Å². The first-order valence-electron chi connectivity index (χ1n) is 13.4. The Morgan fingerprint density at radius 3 is 2.47 bits per heavy atom. The minimum Gasteiger partial charge on any atom is -0.381 e. The number of hydrogen-bond donors (Lipinski definition) is 2. The molecule has 38 heavy (non-hydrogen) atoms. The Balaban J connectivity index is 1.39. The molecule has 0 unspecified atom stereocenters. The second-order valence-electron chi connectivity index (χ2n) is 11.9. The highest BCUT2D eigenvalue weighted by molar-refractivity contribution is 6.23. The van der Waals surface area contributed by atoms with Gasteiger partial charge in [-0.2, -0.15) is 0 Å². The zero-order chi connectivity index (χ0) is 27.7. The van der Waals surface area contributed by atoms with Gasteiger partial charge in [-0.15, -0.1) is 0 Å². The van der Waals surface area contributed by atoms with E-state index in [1.807, 2.05) is 37.3 Å². The quantitative estimate of drug-likeness (QED) is 0.373. The van der Waals surface area contributed by atoms with Gasteiger partial charge in [-0.05, 0) is 69.9 Å². The van der Waals surface area contributed by atoms with Crippen LogP contribution in [-0.4, -0.2) is 46.8 Å². The standard InChI is InChI=1S/C31H40FN3O3/c1-20-8-7-9-26(24(20)16-34-27-12-13-28(36)21(2)29(27)37)33-15-23-11-10-22(14-25(23)32)17-35-18-30(3,4)38-31(5,6)19-35/h7-11,14,27,33-34H,2,12-13,15-19H2,1,3-6H3/t27-/m1/s1. The molecule has 4 rings (SSSR count). The smallest absolute Gasteiger partial charge is 0.182 e. The largest absolute Gasteiger partial charge is 0.381 e. The lowest BCUT2D eigenvalue weighted by molar-refractivity contribution is -0.182. The molecule has 2 aromatic rings. The summed E-state index contributed by atoms with van der Waals surface area (Å²) in [5.74, 6) is -0.627. The monoisotopic (exact) mass is 521 g/mol. The molecule has 7 heteroatoms. The summed E-state index contributed by atoms with van der Waals surface area (Å²) in [6.45, 7) is 17.1. The van der Waals surface area contributed by atoms with E-state index < -0.39 is 6.04 Å². The Morgan fingerprint density at radius 1 is 1.08 bits per heavy atom. The van der Waals surface area contributed by atoms with Crippen molar-refractivity contribution in [1.82, 2.24) is 10.2 Å². The molecular formula is C31H40FN3O3. The Hall–Kier alpha value is -2.87. The highest BCUT2D eigenvalue weighted by atomic mass is 19.1. The van der Waals surface area contributed by atoms with Crippen LogP contribution in [0.25, 0.3) is 0 Å². The fraction of sp³-hybridized carbons (Fsp3) is 0.484.